The van der Waals surface area contributed by atoms with Gasteiger partial charge >= 0.3 is 0 Å². The van der Waals surface area contributed by atoms with Crippen molar-refractivity contribution in [3.63, 3.8) is 0 Å². The minimum Gasteiger partial charge on any atom is -0.330 e. The summed E-state index contributed by atoms with van der Waals surface area (Å²) in [4.78, 5) is 2.37. The normalized spacial score (nSPS) is 13.2. The van der Waals surface area contributed by atoms with Crippen LogP contribution in [0, 0.1) is 5.92 Å². The molecule has 0 heterocycles. The van der Waals surface area contributed by atoms with E-state index < -0.39 is 0 Å². The Kier molecular flexibility index (Phi) is 8.05. The molecule has 0 saturated carbocycles. The van der Waals surface area contributed by atoms with E-state index in [0.717, 1.165) is 19.5 Å². The fourth-order valence-corrected chi connectivity index (χ4v) is 1.18. The van der Waals surface area contributed by atoms with Crippen molar-refractivity contribution in [1.29, 1.82) is 0 Å². The van der Waals surface area contributed by atoms with E-state index in [0.29, 0.717) is 5.92 Å². The number of nitrogens with two attached hydrogens (primary N) is 1. The molecule has 0 fully saturated rings. The number of unbranched alkanes of at least 4 members (excludes halogenated alkanes) is 1. The van der Waals surface area contributed by atoms with Crippen molar-refractivity contribution in [2.24, 2.45) is 11.7 Å². The van der Waals surface area contributed by atoms with Crippen molar-refractivity contribution in [2.75, 3.05) is 26.7 Å². The lowest BCUT2D eigenvalue weighted by atomic mass is 10.1. The number of rotatable bonds is 8. The Bertz CT molecular complexity index is 123. The van der Waals surface area contributed by atoms with Gasteiger partial charge in [-0.2, -0.15) is 0 Å². The molecule has 0 aromatic carbocycles. The van der Waals surface area contributed by atoms with Gasteiger partial charge in [-0.3, -0.25) is 0 Å². The van der Waals surface area contributed by atoms with Crippen LogP contribution in [0.15, 0.2) is 12.7 Å². The van der Waals surface area contributed by atoms with E-state index in [2.05, 4.69) is 25.5 Å². The highest BCUT2D eigenvalue weighted by Crippen LogP contribution is 2.01. The van der Waals surface area contributed by atoms with Crippen molar-refractivity contribution < 1.29 is 0 Å². The fourth-order valence-electron chi connectivity index (χ4n) is 1.18. The molecule has 0 aliphatic carbocycles. The lowest BCUT2D eigenvalue weighted by Crippen LogP contribution is -2.24. The van der Waals surface area contributed by atoms with Crippen LogP contribution in [-0.2, 0) is 0 Å². The largest absolute Gasteiger partial charge is 0.330 e. The predicted octanol–water partition coefficient (Wildman–Crippen LogP) is 1.87. The maximum absolute atomic E-state index is 5.55. The van der Waals surface area contributed by atoms with Crippen LogP contribution in [0.2, 0.25) is 0 Å². The van der Waals surface area contributed by atoms with Crippen molar-refractivity contribution >= 4 is 0 Å². The van der Waals surface area contributed by atoms with Gasteiger partial charge in [0.2, 0.25) is 0 Å². The van der Waals surface area contributed by atoms with Crippen LogP contribution in [0.5, 0.6) is 0 Å². The zero-order valence-corrected chi connectivity index (χ0v) is 9.13. The zero-order chi connectivity index (χ0) is 10.1. The Morgan fingerprint density at radius 1 is 1.46 bits per heavy atom. The monoisotopic (exact) mass is 184 g/mol. The molecule has 78 valence electrons. The van der Waals surface area contributed by atoms with Crippen LogP contribution in [0.1, 0.15) is 26.2 Å². The van der Waals surface area contributed by atoms with Gasteiger partial charge in [-0.15, -0.1) is 6.58 Å². The van der Waals surface area contributed by atoms with Gasteiger partial charge < -0.3 is 10.6 Å². The molecule has 0 spiro atoms. The summed E-state index contributed by atoms with van der Waals surface area (Å²) in [5.41, 5.74) is 5.55. The second-order valence-corrected chi connectivity index (χ2v) is 3.86. The SMILES string of the molecule is C=CCCCN(C)CCC(C)CN. The van der Waals surface area contributed by atoms with Gasteiger partial charge in [0, 0.05) is 0 Å². The molecule has 0 aliphatic heterocycles. The number of allylic oxidation sites excluding steroid dienone is 1. The van der Waals surface area contributed by atoms with E-state index in [9.17, 15) is 0 Å². The number of hydrogen-bond acceptors (Lipinski definition) is 2. The molecule has 0 aromatic heterocycles. The number of nitrogens with zero attached hydrogens (tertiary/aromatic N) is 1. The molecule has 2 heteroatoms. The Balaban J connectivity index is 3.28. The predicted molar refractivity (Wildman–Crippen MR) is 59.8 cm³/mol. The molecule has 13 heavy (non-hydrogen) atoms. The molecular weight excluding hydrogens is 160 g/mol. The zero-order valence-electron chi connectivity index (χ0n) is 9.13. The Morgan fingerprint density at radius 2 is 2.15 bits per heavy atom. The standard InChI is InChI=1S/C11H24N2/c1-4-5-6-8-13(3)9-7-11(2)10-12/h4,11H,1,5-10,12H2,2-3H3. The summed E-state index contributed by atoms with van der Waals surface area (Å²) >= 11 is 0. The second-order valence-electron chi connectivity index (χ2n) is 3.86. The molecule has 0 radical (unpaired) electrons. The van der Waals surface area contributed by atoms with Gasteiger partial charge in [-0.25, -0.2) is 0 Å². The summed E-state index contributed by atoms with van der Waals surface area (Å²) in [5, 5.41) is 0. The Morgan fingerprint density at radius 3 is 2.69 bits per heavy atom. The molecular formula is C11H24N2. The van der Waals surface area contributed by atoms with E-state index >= 15 is 0 Å². The Hall–Kier alpha value is -0.340. The van der Waals surface area contributed by atoms with Crippen LogP contribution >= 0.6 is 0 Å². The third-order valence-corrected chi connectivity index (χ3v) is 2.35. The average Bonchev–Trinajstić information content (AvgIpc) is 2.14. The third-order valence-electron chi connectivity index (χ3n) is 2.35. The quantitative estimate of drug-likeness (QED) is 0.461. The van der Waals surface area contributed by atoms with Crippen molar-refractivity contribution in [1.82, 2.24) is 4.90 Å². The van der Waals surface area contributed by atoms with Gasteiger partial charge in [-0.05, 0) is 51.9 Å². The third kappa shape index (κ3) is 8.00. The van der Waals surface area contributed by atoms with Crippen LogP contribution in [0.25, 0.3) is 0 Å². The number of hydrogen-bond donors (Lipinski definition) is 1. The van der Waals surface area contributed by atoms with Gasteiger partial charge in [0.25, 0.3) is 0 Å². The van der Waals surface area contributed by atoms with Crippen molar-refractivity contribution in [3.05, 3.63) is 12.7 Å². The summed E-state index contributed by atoms with van der Waals surface area (Å²) in [5.74, 6) is 0.654. The first-order valence-electron chi connectivity index (χ1n) is 5.20. The molecule has 0 saturated heterocycles. The molecule has 0 amide bonds. The molecule has 1 atom stereocenters. The van der Waals surface area contributed by atoms with Gasteiger partial charge in [0.15, 0.2) is 0 Å². The molecule has 0 rings (SSSR count). The van der Waals surface area contributed by atoms with Gasteiger partial charge in [0.05, 0.1) is 0 Å². The first-order valence-corrected chi connectivity index (χ1v) is 5.20. The first kappa shape index (κ1) is 12.7. The van der Waals surface area contributed by atoms with E-state index in [1.54, 1.807) is 0 Å². The minimum atomic E-state index is 0.654. The molecule has 0 aliphatic rings. The van der Waals surface area contributed by atoms with Crippen LogP contribution in [0.3, 0.4) is 0 Å². The molecule has 2 N–H and O–H groups in total. The summed E-state index contributed by atoms with van der Waals surface area (Å²) in [6.07, 6.45) is 5.53. The minimum absolute atomic E-state index is 0.654. The van der Waals surface area contributed by atoms with Crippen LogP contribution < -0.4 is 5.73 Å². The Labute approximate surface area is 82.8 Å². The lowest BCUT2D eigenvalue weighted by molar-refractivity contribution is 0.304. The topological polar surface area (TPSA) is 29.3 Å². The molecule has 2 nitrogen and oxygen atoms in total. The summed E-state index contributed by atoms with van der Waals surface area (Å²) in [6, 6.07) is 0. The first-order chi connectivity index (χ1) is 6.20. The maximum atomic E-state index is 5.55. The van der Waals surface area contributed by atoms with E-state index in [-0.39, 0.29) is 0 Å². The molecule has 1 unspecified atom stereocenters. The van der Waals surface area contributed by atoms with E-state index in [4.69, 9.17) is 5.73 Å². The molecule has 0 aromatic rings. The van der Waals surface area contributed by atoms with E-state index in [1.807, 2.05) is 6.08 Å². The lowest BCUT2D eigenvalue weighted by Gasteiger charge is -2.18. The second kappa shape index (κ2) is 8.27. The fraction of sp³-hybridized carbons (Fsp3) is 0.818. The molecule has 0 bridgehead atoms. The van der Waals surface area contributed by atoms with Gasteiger partial charge in [-0.1, -0.05) is 13.0 Å². The summed E-state index contributed by atoms with van der Waals surface area (Å²) in [7, 11) is 2.17. The van der Waals surface area contributed by atoms with Crippen molar-refractivity contribution in [2.45, 2.75) is 26.2 Å². The summed E-state index contributed by atoms with van der Waals surface area (Å²) < 4.78 is 0. The smallest absolute Gasteiger partial charge is 0.00188 e. The highest BCUT2D eigenvalue weighted by molar-refractivity contribution is 4.67. The van der Waals surface area contributed by atoms with Gasteiger partial charge in [0.1, 0.15) is 0 Å². The average molecular weight is 184 g/mol. The van der Waals surface area contributed by atoms with Crippen LogP contribution in [-0.4, -0.2) is 31.6 Å². The highest BCUT2D eigenvalue weighted by atomic mass is 15.1. The van der Waals surface area contributed by atoms with Crippen molar-refractivity contribution in [3.8, 4) is 0 Å². The van der Waals surface area contributed by atoms with Crippen LogP contribution in [0.4, 0.5) is 0 Å². The highest BCUT2D eigenvalue weighted by Gasteiger charge is 2.01. The summed E-state index contributed by atoms with van der Waals surface area (Å²) in [6.45, 7) is 9.05. The van der Waals surface area contributed by atoms with E-state index in [1.165, 1.54) is 19.4 Å². The maximum Gasteiger partial charge on any atom is -0.00188 e.